The van der Waals surface area contributed by atoms with Crippen LogP contribution in [0.5, 0.6) is 0 Å². The predicted octanol–water partition coefficient (Wildman–Crippen LogP) is 1.30. The molecule has 1 saturated carbocycles. The summed E-state index contributed by atoms with van der Waals surface area (Å²) < 4.78 is 25.9. The van der Waals surface area contributed by atoms with Gasteiger partial charge in [-0.1, -0.05) is 0 Å². The summed E-state index contributed by atoms with van der Waals surface area (Å²) in [6.07, 6.45) is 3.44. The van der Waals surface area contributed by atoms with E-state index in [1.54, 1.807) is 13.1 Å². The van der Waals surface area contributed by atoms with Crippen molar-refractivity contribution < 1.29 is 8.42 Å². The summed E-state index contributed by atoms with van der Waals surface area (Å²) in [6.45, 7) is 2.66. The molecule has 1 heterocycles. The molecule has 0 radical (unpaired) electrons. The lowest BCUT2D eigenvalue weighted by Crippen LogP contribution is -2.29. The number of sulfonamides is 1. The third-order valence-corrected chi connectivity index (χ3v) is 4.73. The van der Waals surface area contributed by atoms with Crippen molar-refractivity contribution in [1.29, 1.82) is 0 Å². The summed E-state index contributed by atoms with van der Waals surface area (Å²) in [5.74, 6) is 0.595. The molecular weight excluding hydrogens is 238 g/mol. The van der Waals surface area contributed by atoms with E-state index in [0.29, 0.717) is 10.7 Å². The minimum Gasteiger partial charge on any atom is -0.370 e. The van der Waals surface area contributed by atoms with E-state index in [1.165, 1.54) is 16.6 Å². The molecular formula is C11H17N3O2S. The summed E-state index contributed by atoms with van der Waals surface area (Å²) in [6, 6.07) is 3.29. The molecule has 2 rings (SSSR count). The number of rotatable bonds is 5. The van der Waals surface area contributed by atoms with E-state index in [1.807, 2.05) is 6.92 Å². The molecule has 1 aromatic heterocycles. The van der Waals surface area contributed by atoms with Crippen molar-refractivity contribution in [3.63, 3.8) is 0 Å². The van der Waals surface area contributed by atoms with Gasteiger partial charge in [-0.2, -0.15) is 4.31 Å². The predicted molar refractivity (Wildman–Crippen MR) is 66.4 cm³/mol. The number of nitrogens with zero attached hydrogens (tertiary/aromatic N) is 2. The van der Waals surface area contributed by atoms with Crippen LogP contribution in [0.3, 0.4) is 0 Å². The van der Waals surface area contributed by atoms with Crippen LogP contribution < -0.4 is 5.32 Å². The van der Waals surface area contributed by atoms with Crippen LogP contribution in [0.4, 0.5) is 5.82 Å². The lowest BCUT2D eigenvalue weighted by Gasteiger charge is -2.16. The number of anilines is 1. The summed E-state index contributed by atoms with van der Waals surface area (Å²) >= 11 is 0. The maximum Gasteiger partial charge on any atom is 0.243 e. The van der Waals surface area contributed by atoms with E-state index >= 15 is 0 Å². The summed E-state index contributed by atoms with van der Waals surface area (Å²) in [7, 11) is -1.72. The Kier molecular flexibility index (Phi) is 3.35. The monoisotopic (exact) mass is 255 g/mol. The molecule has 0 aromatic carbocycles. The number of aromatic nitrogens is 1. The van der Waals surface area contributed by atoms with Gasteiger partial charge in [0, 0.05) is 31.9 Å². The Morgan fingerprint density at radius 3 is 2.82 bits per heavy atom. The van der Waals surface area contributed by atoms with Crippen LogP contribution in [0.2, 0.25) is 0 Å². The Hall–Kier alpha value is -1.14. The molecule has 0 amide bonds. The van der Waals surface area contributed by atoms with Gasteiger partial charge < -0.3 is 5.32 Å². The molecule has 1 fully saturated rings. The minimum atomic E-state index is -3.36. The smallest absolute Gasteiger partial charge is 0.243 e. The zero-order valence-corrected chi connectivity index (χ0v) is 10.9. The Morgan fingerprint density at radius 2 is 2.24 bits per heavy atom. The van der Waals surface area contributed by atoms with Gasteiger partial charge in [0.1, 0.15) is 5.82 Å². The van der Waals surface area contributed by atoms with Crippen molar-refractivity contribution in [2.75, 3.05) is 18.9 Å². The van der Waals surface area contributed by atoms with Gasteiger partial charge in [-0.05, 0) is 25.8 Å². The van der Waals surface area contributed by atoms with Crippen LogP contribution in [0.15, 0.2) is 23.2 Å². The van der Waals surface area contributed by atoms with E-state index in [0.717, 1.165) is 19.4 Å². The maximum atomic E-state index is 12.2. The van der Waals surface area contributed by atoms with Crippen molar-refractivity contribution in [3.05, 3.63) is 18.3 Å². The van der Waals surface area contributed by atoms with Crippen molar-refractivity contribution in [1.82, 2.24) is 9.29 Å². The molecule has 1 N–H and O–H groups in total. The highest BCUT2D eigenvalue weighted by atomic mass is 32.2. The van der Waals surface area contributed by atoms with Crippen molar-refractivity contribution in [2.45, 2.75) is 30.7 Å². The quantitative estimate of drug-likeness (QED) is 0.861. The normalized spacial score (nSPS) is 16.2. The standard InChI is InChI=1S/C11H17N3O2S/c1-3-12-11-8-10(6-7-13-11)17(15,16)14(2)9-4-5-9/h6-9H,3-5H2,1-2H3,(H,12,13). The molecule has 17 heavy (non-hydrogen) atoms. The average Bonchev–Trinajstić information content (AvgIpc) is 3.13. The van der Waals surface area contributed by atoms with Gasteiger partial charge in [0.2, 0.25) is 10.0 Å². The van der Waals surface area contributed by atoms with Gasteiger partial charge in [-0.25, -0.2) is 13.4 Å². The second-order valence-corrected chi connectivity index (χ2v) is 6.16. The van der Waals surface area contributed by atoms with Crippen LogP contribution in [0, 0.1) is 0 Å². The second kappa shape index (κ2) is 4.62. The zero-order chi connectivity index (χ0) is 12.5. The zero-order valence-electron chi connectivity index (χ0n) is 10.0. The molecule has 0 unspecified atom stereocenters. The third kappa shape index (κ3) is 2.58. The van der Waals surface area contributed by atoms with Gasteiger partial charge in [0.25, 0.3) is 0 Å². The van der Waals surface area contributed by atoms with Gasteiger partial charge in [0.15, 0.2) is 0 Å². The number of hydrogen-bond acceptors (Lipinski definition) is 4. The van der Waals surface area contributed by atoms with Gasteiger partial charge in [0.05, 0.1) is 4.90 Å². The molecule has 0 bridgehead atoms. The molecule has 0 atom stereocenters. The number of hydrogen-bond donors (Lipinski definition) is 1. The first kappa shape index (κ1) is 12.3. The highest BCUT2D eigenvalue weighted by molar-refractivity contribution is 7.89. The van der Waals surface area contributed by atoms with Gasteiger partial charge in [-0.3, -0.25) is 0 Å². The maximum absolute atomic E-state index is 12.2. The molecule has 94 valence electrons. The molecule has 6 heteroatoms. The van der Waals surface area contributed by atoms with E-state index in [9.17, 15) is 8.42 Å². The first-order valence-electron chi connectivity index (χ1n) is 5.73. The van der Waals surface area contributed by atoms with E-state index < -0.39 is 10.0 Å². The summed E-state index contributed by atoms with van der Waals surface area (Å²) in [5.41, 5.74) is 0. The van der Waals surface area contributed by atoms with Crippen LogP contribution in [-0.4, -0.2) is 37.3 Å². The molecule has 0 saturated heterocycles. The van der Waals surface area contributed by atoms with Crippen LogP contribution in [-0.2, 0) is 10.0 Å². The summed E-state index contributed by atoms with van der Waals surface area (Å²) in [5, 5.41) is 3.01. The fourth-order valence-corrected chi connectivity index (χ4v) is 3.08. The molecule has 1 aliphatic carbocycles. The molecule has 5 nitrogen and oxygen atoms in total. The Bertz CT molecular complexity index is 497. The van der Waals surface area contributed by atoms with Gasteiger partial charge in [-0.15, -0.1) is 0 Å². The highest BCUT2D eigenvalue weighted by Gasteiger charge is 2.35. The largest absolute Gasteiger partial charge is 0.370 e. The first-order chi connectivity index (χ1) is 8.05. The van der Waals surface area contributed by atoms with E-state index in [4.69, 9.17) is 0 Å². The van der Waals surface area contributed by atoms with Crippen LogP contribution in [0.25, 0.3) is 0 Å². The fourth-order valence-electron chi connectivity index (χ4n) is 1.65. The minimum absolute atomic E-state index is 0.177. The average molecular weight is 255 g/mol. The van der Waals surface area contributed by atoms with E-state index in [-0.39, 0.29) is 6.04 Å². The third-order valence-electron chi connectivity index (χ3n) is 2.83. The molecule has 1 aliphatic rings. The lowest BCUT2D eigenvalue weighted by atomic mass is 10.4. The van der Waals surface area contributed by atoms with Crippen LogP contribution >= 0.6 is 0 Å². The molecule has 1 aromatic rings. The molecule has 0 aliphatic heterocycles. The summed E-state index contributed by atoms with van der Waals surface area (Å²) in [4.78, 5) is 4.37. The van der Waals surface area contributed by atoms with Crippen LogP contribution in [0.1, 0.15) is 19.8 Å². The lowest BCUT2D eigenvalue weighted by molar-refractivity contribution is 0.464. The fraction of sp³-hybridized carbons (Fsp3) is 0.545. The number of pyridine rings is 1. The molecule has 0 spiro atoms. The van der Waals surface area contributed by atoms with Crippen molar-refractivity contribution in [2.24, 2.45) is 0 Å². The van der Waals surface area contributed by atoms with Crippen molar-refractivity contribution >= 4 is 15.8 Å². The van der Waals surface area contributed by atoms with Crippen molar-refractivity contribution in [3.8, 4) is 0 Å². The van der Waals surface area contributed by atoms with Gasteiger partial charge >= 0.3 is 0 Å². The highest BCUT2D eigenvalue weighted by Crippen LogP contribution is 2.30. The topological polar surface area (TPSA) is 62.3 Å². The Morgan fingerprint density at radius 1 is 1.53 bits per heavy atom. The Labute approximate surface area is 102 Å². The SMILES string of the molecule is CCNc1cc(S(=O)(=O)N(C)C2CC2)ccn1. The Balaban J connectivity index is 2.28. The second-order valence-electron chi connectivity index (χ2n) is 4.16. The first-order valence-corrected chi connectivity index (χ1v) is 7.17. The van der Waals surface area contributed by atoms with E-state index in [2.05, 4.69) is 10.3 Å². The number of nitrogens with one attached hydrogen (secondary N) is 1.